The van der Waals surface area contributed by atoms with Crippen molar-refractivity contribution in [1.29, 1.82) is 0 Å². The zero-order chi connectivity index (χ0) is 17.3. The number of nitrogens with two attached hydrogens (primary N) is 1. The molecule has 1 aromatic rings. The Kier molecular flexibility index (Phi) is 4.84. The van der Waals surface area contributed by atoms with Crippen LogP contribution in [0.5, 0.6) is 0 Å². The van der Waals surface area contributed by atoms with Crippen molar-refractivity contribution in [1.82, 2.24) is 0 Å². The number of benzene rings is 1. The van der Waals surface area contributed by atoms with Crippen LogP contribution in [0.3, 0.4) is 0 Å². The lowest BCUT2D eigenvalue weighted by Gasteiger charge is -2.27. The number of carbonyl (C=O) groups is 1. The van der Waals surface area contributed by atoms with Crippen molar-refractivity contribution >= 4 is 28.5 Å². The largest absolute Gasteiger partial charge is 0.460 e. The first-order chi connectivity index (χ1) is 10.6. The molecule has 0 bridgehead atoms. The molecule has 0 fully saturated rings. The maximum atomic E-state index is 14.2. The van der Waals surface area contributed by atoms with E-state index in [0.29, 0.717) is 16.3 Å². The van der Waals surface area contributed by atoms with E-state index in [0.717, 1.165) is 0 Å². The number of halogens is 1. The van der Waals surface area contributed by atoms with Crippen LogP contribution in [-0.2, 0) is 15.1 Å². The number of aliphatic imine (C=N–C) groups is 1. The number of nitrogens with zero attached hydrogens (tertiary/aromatic N) is 1. The lowest BCUT2D eigenvalue weighted by molar-refractivity contribution is -0.153. The Morgan fingerprint density at radius 2 is 2.13 bits per heavy atom. The molecule has 1 aromatic carbocycles. The van der Waals surface area contributed by atoms with Crippen LogP contribution in [0.2, 0.25) is 0 Å². The summed E-state index contributed by atoms with van der Waals surface area (Å²) in [5, 5.41) is 2.40. The third-order valence-corrected chi connectivity index (χ3v) is 3.98. The Morgan fingerprint density at radius 1 is 1.43 bits per heavy atom. The Bertz CT molecular complexity index is 680. The maximum Gasteiger partial charge on any atom is 0.312 e. The summed E-state index contributed by atoms with van der Waals surface area (Å²) < 4.78 is 19.5. The Hall–Kier alpha value is -1.82. The van der Waals surface area contributed by atoms with Crippen LogP contribution in [0, 0.1) is 5.82 Å². The molecule has 2 rings (SSSR count). The van der Waals surface area contributed by atoms with Gasteiger partial charge in [0, 0.05) is 11.3 Å². The molecule has 2 N–H and O–H groups in total. The molecule has 4 nitrogen and oxygen atoms in total. The number of rotatable bonds is 3. The van der Waals surface area contributed by atoms with Gasteiger partial charge in [-0.05, 0) is 57.4 Å². The van der Waals surface area contributed by atoms with Gasteiger partial charge in [0.25, 0.3) is 0 Å². The molecule has 1 aliphatic heterocycles. The Labute approximate surface area is 140 Å². The van der Waals surface area contributed by atoms with Gasteiger partial charge in [-0.1, -0.05) is 11.8 Å². The number of carbonyl (C=O) groups excluding carboxylic acids is 1. The highest BCUT2D eigenvalue weighted by molar-refractivity contribution is 8.16. The van der Waals surface area contributed by atoms with Crippen LogP contribution in [0.4, 0.5) is 10.1 Å². The fourth-order valence-electron chi connectivity index (χ4n) is 2.23. The predicted octanol–water partition coefficient (Wildman–Crippen LogP) is 4.01. The number of ether oxygens (including phenoxy) is 1. The van der Waals surface area contributed by atoms with E-state index in [1.54, 1.807) is 19.1 Å². The van der Waals surface area contributed by atoms with Gasteiger partial charge in [-0.25, -0.2) is 4.39 Å². The quantitative estimate of drug-likeness (QED) is 0.669. The van der Waals surface area contributed by atoms with Gasteiger partial charge in [-0.3, -0.25) is 9.79 Å². The predicted molar refractivity (Wildman–Crippen MR) is 92.8 cm³/mol. The van der Waals surface area contributed by atoms with Crippen LogP contribution in [-0.4, -0.2) is 16.6 Å². The zero-order valence-corrected chi connectivity index (χ0v) is 14.5. The number of nitrogen functional groups attached to an aromatic ring is 1. The van der Waals surface area contributed by atoms with Crippen molar-refractivity contribution < 1.29 is 13.9 Å². The van der Waals surface area contributed by atoms with Crippen molar-refractivity contribution in [3.05, 3.63) is 41.1 Å². The molecule has 0 aromatic heterocycles. The molecule has 0 unspecified atom stereocenters. The summed E-state index contributed by atoms with van der Waals surface area (Å²) in [6, 6.07) is 4.41. The summed E-state index contributed by atoms with van der Waals surface area (Å²) in [4.78, 5) is 16.5. The SMILES string of the molecule is CC(C)(C)OC(=O)CC1=N[C@](C)(c2cc(N)ccc2F)C=CS1. The Balaban J connectivity index is 2.25. The number of thioether (sulfide) groups is 1. The summed E-state index contributed by atoms with van der Waals surface area (Å²) in [6.45, 7) is 7.22. The van der Waals surface area contributed by atoms with Crippen LogP contribution in [0.1, 0.15) is 39.7 Å². The van der Waals surface area contributed by atoms with E-state index in [-0.39, 0.29) is 18.2 Å². The minimum Gasteiger partial charge on any atom is -0.460 e. The minimum atomic E-state index is -0.887. The van der Waals surface area contributed by atoms with E-state index < -0.39 is 11.1 Å². The maximum absolute atomic E-state index is 14.2. The van der Waals surface area contributed by atoms with Crippen molar-refractivity contribution in [2.75, 3.05) is 5.73 Å². The third-order valence-electron chi connectivity index (χ3n) is 3.20. The molecule has 1 atom stereocenters. The lowest BCUT2D eigenvalue weighted by Crippen LogP contribution is -2.27. The smallest absolute Gasteiger partial charge is 0.312 e. The molecule has 0 radical (unpaired) electrons. The number of hydrogen-bond acceptors (Lipinski definition) is 5. The van der Waals surface area contributed by atoms with Gasteiger partial charge in [0.05, 0.1) is 11.5 Å². The molecule has 6 heteroatoms. The molecular formula is C17H21FN2O2S. The molecule has 0 spiro atoms. The fraction of sp³-hybridized carbons (Fsp3) is 0.412. The molecular weight excluding hydrogens is 315 g/mol. The molecule has 0 saturated heterocycles. The summed E-state index contributed by atoms with van der Waals surface area (Å²) in [5.74, 6) is -0.729. The van der Waals surface area contributed by atoms with E-state index in [2.05, 4.69) is 4.99 Å². The molecule has 1 heterocycles. The first-order valence-electron chi connectivity index (χ1n) is 7.29. The fourth-order valence-corrected chi connectivity index (χ4v) is 3.16. The highest BCUT2D eigenvalue weighted by Gasteiger charge is 2.30. The topological polar surface area (TPSA) is 64.7 Å². The molecule has 0 saturated carbocycles. The van der Waals surface area contributed by atoms with Gasteiger partial charge in [-0.2, -0.15) is 0 Å². The lowest BCUT2D eigenvalue weighted by atomic mass is 9.91. The van der Waals surface area contributed by atoms with Crippen molar-refractivity contribution in [2.24, 2.45) is 4.99 Å². The number of anilines is 1. The summed E-state index contributed by atoms with van der Waals surface area (Å²) in [5.41, 5.74) is 5.18. The zero-order valence-electron chi connectivity index (χ0n) is 13.7. The average Bonchev–Trinajstić information content (AvgIpc) is 2.39. The summed E-state index contributed by atoms with van der Waals surface area (Å²) in [7, 11) is 0. The number of hydrogen-bond donors (Lipinski definition) is 1. The van der Waals surface area contributed by atoms with Gasteiger partial charge in [0.2, 0.25) is 0 Å². The monoisotopic (exact) mass is 336 g/mol. The number of esters is 1. The summed E-state index contributed by atoms with van der Waals surface area (Å²) >= 11 is 1.34. The van der Waals surface area contributed by atoms with Gasteiger partial charge < -0.3 is 10.5 Å². The van der Waals surface area contributed by atoms with Crippen LogP contribution in [0.15, 0.2) is 34.7 Å². The van der Waals surface area contributed by atoms with E-state index in [9.17, 15) is 9.18 Å². The van der Waals surface area contributed by atoms with Gasteiger partial charge >= 0.3 is 5.97 Å². The minimum absolute atomic E-state index is 0.0613. The molecule has 0 aliphatic carbocycles. The van der Waals surface area contributed by atoms with Gasteiger partial charge in [0.15, 0.2) is 0 Å². The van der Waals surface area contributed by atoms with Crippen molar-refractivity contribution in [3.8, 4) is 0 Å². The van der Waals surface area contributed by atoms with Crippen LogP contribution < -0.4 is 5.73 Å². The highest BCUT2D eigenvalue weighted by Crippen LogP contribution is 2.36. The van der Waals surface area contributed by atoms with Crippen LogP contribution >= 0.6 is 11.8 Å². The van der Waals surface area contributed by atoms with E-state index in [1.807, 2.05) is 26.2 Å². The average molecular weight is 336 g/mol. The second kappa shape index (κ2) is 6.35. The molecule has 1 aliphatic rings. The third kappa shape index (κ3) is 4.58. The van der Waals surface area contributed by atoms with E-state index >= 15 is 0 Å². The molecule has 23 heavy (non-hydrogen) atoms. The van der Waals surface area contributed by atoms with E-state index in [1.165, 1.54) is 23.9 Å². The first kappa shape index (κ1) is 17.5. The second-order valence-corrected chi connectivity index (χ2v) is 7.56. The highest BCUT2D eigenvalue weighted by atomic mass is 32.2. The van der Waals surface area contributed by atoms with Crippen molar-refractivity contribution in [2.45, 2.75) is 45.3 Å². The standard InChI is InChI=1S/C17H21FN2O2S/c1-16(2,3)22-15(21)10-14-20-17(4,7-8-23-14)12-9-11(19)5-6-13(12)18/h5-9H,10,19H2,1-4H3/t17-/m0/s1. The van der Waals surface area contributed by atoms with E-state index in [4.69, 9.17) is 10.5 Å². The Morgan fingerprint density at radius 3 is 2.78 bits per heavy atom. The molecule has 0 amide bonds. The first-order valence-corrected chi connectivity index (χ1v) is 8.17. The summed E-state index contributed by atoms with van der Waals surface area (Å²) in [6.07, 6.45) is 1.86. The van der Waals surface area contributed by atoms with Gasteiger partial charge in [-0.15, -0.1) is 0 Å². The second-order valence-electron chi connectivity index (χ2n) is 6.58. The molecule has 124 valence electrons. The normalized spacial score (nSPS) is 21.0. The van der Waals surface area contributed by atoms with Gasteiger partial charge in [0.1, 0.15) is 17.0 Å². The van der Waals surface area contributed by atoms with Crippen LogP contribution in [0.25, 0.3) is 0 Å². The van der Waals surface area contributed by atoms with Crippen molar-refractivity contribution in [3.63, 3.8) is 0 Å².